The van der Waals surface area contributed by atoms with E-state index in [4.69, 9.17) is 0 Å². The van der Waals surface area contributed by atoms with Gasteiger partial charge in [-0.1, -0.05) is 117 Å². The zero-order valence-corrected chi connectivity index (χ0v) is 31.5. The second kappa shape index (κ2) is 10.7. The van der Waals surface area contributed by atoms with Gasteiger partial charge in [0.2, 0.25) is 0 Å². The molecule has 0 radical (unpaired) electrons. The molecule has 0 unspecified atom stereocenters. The molecule has 0 bridgehead atoms. The van der Waals surface area contributed by atoms with E-state index < -0.39 is 0 Å². The van der Waals surface area contributed by atoms with Crippen LogP contribution in [0.25, 0.3) is 82.4 Å². The molecular formula is C50H47N. The third-order valence-electron chi connectivity index (χ3n) is 11.4. The molecule has 1 nitrogen and oxygen atoms in total. The molecule has 1 aromatic heterocycles. The predicted octanol–water partition coefficient (Wildman–Crippen LogP) is 14.3. The lowest BCUT2D eigenvalue weighted by Crippen LogP contribution is -2.10. The van der Waals surface area contributed by atoms with E-state index in [-0.39, 0.29) is 16.2 Å². The molecule has 1 aliphatic carbocycles. The van der Waals surface area contributed by atoms with Crippen LogP contribution in [0.15, 0.2) is 121 Å². The van der Waals surface area contributed by atoms with Crippen LogP contribution in [-0.4, -0.2) is 4.57 Å². The Hall–Kier alpha value is -5.14. The maximum Gasteiger partial charge on any atom is 0.0541 e. The summed E-state index contributed by atoms with van der Waals surface area (Å²) in [7, 11) is 0. The maximum atomic E-state index is 2.47. The maximum absolute atomic E-state index is 2.47. The van der Waals surface area contributed by atoms with Gasteiger partial charge in [0.1, 0.15) is 0 Å². The monoisotopic (exact) mass is 661 g/mol. The van der Waals surface area contributed by atoms with Crippen LogP contribution in [-0.2, 0) is 16.2 Å². The second-order valence-electron chi connectivity index (χ2n) is 18.0. The lowest BCUT2D eigenvalue weighted by Gasteiger charge is -2.26. The molecule has 8 aromatic rings. The van der Waals surface area contributed by atoms with Crippen LogP contribution in [0, 0.1) is 0 Å². The first kappa shape index (κ1) is 31.8. The summed E-state index contributed by atoms with van der Waals surface area (Å²) in [6.45, 7) is 20.6. The van der Waals surface area contributed by atoms with E-state index >= 15 is 0 Å². The number of aromatic nitrogens is 1. The van der Waals surface area contributed by atoms with Crippen molar-refractivity contribution in [2.75, 3.05) is 0 Å². The number of hydrogen-bond donors (Lipinski definition) is 0. The molecule has 0 aliphatic heterocycles. The van der Waals surface area contributed by atoms with Gasteiger partial charge in [0.25, 0.3) is 0 Å². The average Bonchev–Trinajstić information content (AvgIpc) is 3.42. The first-order valence-corrected chi connectivity index (χ1v) is 18.5. The fourth-order valence-electron chi connectivity index (χ4n) is 8.13. The minimum atomic E-state index is 0.0793. The fourth-order valence-corrected chi connectivity index (χ4v) is 8.13. The topological polar surface area (TPSA) is 4.93 Å². The average molecular weight is 662 g/mol. The van der Waals surface area contributed by atoms with Crippen LogP contribution in [0.3, 0.4) is 0 Å². The van der Waals surface area contributed by atoms with Crippen LogP contribution >= 0.6 is 0 Å². The van der Waals surface area contributed by atoms with Gasteiger partial charge in [0.15, 0.2) is 0 Å². The van der Waals surface area contributed by atoms with Crippen molar-refractivity contribution in [3.05, 3.63) is 138 Å². The van der Waals surface area contributed by atoms with E-state index in [2.05, 4.69) is 188 Å². The van der Waals surface area contributed by atoms with E-state index in [1.165, 1.54) is 99.1 Å². The molecular weight excluding hydrogens is 615 g/mol. The van der Waals surface area contributed by atoms with Crippen molar-refractivity contribution in [1.82, 2.24) is 4.57 Å². The van der Waals surface area contributed by atoms with Crippen LogP contribution in [0.4, 0.5) is 0 Å². The molecule has 0 N–H and O–H groups in total. The molecule has 0 amide bonds. The number of fused-ring (bicyclic) bond motifs is 9. The summed E-state index contributed by atoms with van der Waals surface area (Å²) in [6, 6.07) is 46.8. The van der Waals surface area contributed by atoms with Gasteiger partial charge in [-0.3, -0.25) is 0 Å². The van der Waals surface area contributed by atoms with E-state index in [0.29, 0.717) is 0 Å². The Morgan fingerprint density at radius 2 is 0.745 bits per heavy atom. The minimum absolute atomic E-state index is 0.0793. The van der Waals surface area contributed by atoms with Gasteiger partial charge < -0.3 is 4.57 Å². The van der Waals surface area contributed by atoms with Gasteiger partial charge in [-0.15, -0.1) is 0 Å². The van der Waals surface area contributed by atoms with Gasteiger partial charge >= 0.3 is 0 Å². The standard InChI is InChI=1S/C50H47N/c1-48(2,3)36-15-12-30(13-16-36)31-10-11-32-24-40-41-25-33-14-19-39(23-35(33)27-43(41)42(40)26-34(32)22-31)51-46-20-17-37(49(4,5)6)28-44(46)45-29-38(50(7,8)9)18-21-47(45)51/h10-29H,1-9H3. The lowest BCUT2D eigenvalue weighted by molar-refractivity contribution is 0.590. The van der Waals surface area contributed by atoms with Crippen molar-refractivity contribution in [3.8, 4) is 39.1 Å². The Kier molecular flexibility index (Phi) is 6.67. The van der Waals surface area contributed by atoms with E-state index in [1.54, 1.807) is 0 Å². The molecule has 252 valence electrons. The highest BCUT2D eigenvalue weighted by Crippen LogP contribution is 2.51. The van der Waals surface area contributed by atoms with Gasteiger partial charge in [-0.2, -0.15) is 0 Å². The molecule has 7 aromatic carbocycles. The number of rotatable bonds is 2. The Bertz CT molecular complexity index is 2640. The molecule has 51 heavy (non-hydrogen) atoms. The molecule has 0 spiro atoms. The van der Waals surface area contributed by atoms with Crippen molar-refractivity contribution in [3.63, 3.8) is 0 Å². The Balaban J connectivity index is 1.15. The van der Waals surface area contributed by atoms with Gasteiger partial charge in [-0.25, -0.2) is 0 Å². The summed E-state index contributed by atoms with van der Waals surface area (Å²) < 4.78 is 2.47. The van der Waals surface area contributed by atoms with Crippen LogP contribution in [0.5, 0.6) is 0 Å². The largest absolute Gasteiger partial charge is 0.309 e. The SMILES string of the molecule is CC(C)(C)c1ccc(-c2ccc3cc4c(cc3c2)-c2cc3cc(-n5c6ccc(C(C)(C)C)cc6c6cc(C(C)(C)C)ccc65)ccc3cc2-4)cc1. The summed E-state index contributed by atoms with van der Waals surface area (Å²) in [4.78, 5) is 0. The molecule has 0 saturated carbocycles. The molecule has 9 rings (SSSR count). The van der Waals surface area contributed by atoms with Crippen molar-refractivity contribution >= 4 is 43.4 Å². The zero-order chi connectivity index (χ0) is 35.6. The summed E-state index contributed by atoms with van der Waals surface area (Å²) in [5, 5.41) is 7.79. The predicted molar refractivity (Wildman–Crippen MR) is 222 cm³/mol. The third kappa shape index (κ3) is 5.12. The first-order chi connectivity index (χ1) is 24.1. The third-order valence-corrected chi connectivity index (χ3v) is 11.4. The van der Waals surface area contributed by atoms with Gasteiger partial charge in [0, 0.05) is 16.5 Å². The Morgan fingerprint density at radius 3 is 1.24 bits per heavy atom. The summed E-state index contributed by atoms with van der Waals surface area (Å²) >= 11 is 0. The lowest BCUT2D eigenvalue weighted by atomic mass is 9.77. The van der Waals surface area contributed by atoms with Crippen molar-refractivity contribution < 1.29 is 0 Å². The normalized spacial score (nSPS) is 13.2. The number of hydrogen-bond acceptors (Lipinski definition) is 0. The van der Waals surface area contributed by atoms with E-state index in [9.17, 15) is 0 Å². The van der Waals surface area contributed by atoms with E-state index in [0.717, 1.165) is 0 Å². The molecule has 1 heterocycles. The number of nitrogens with zero attached hydrogens (tertiary/aromatic N) is 1. The Labute approximate surface area is 302 Å². The quantitative estimate of drug-likeness (QED) is 0.174. The van der Waals surface area contributed by atoms with Crippen LogP contribution in [0.1, 0.15) is 79.0 Å². The smallest absolute Gasteiger partial charge is 0.0541 e. The van der Waals surface area contributed by atoms with Crippen molar-refractivity contribution in [2.24, 2.45) is 0 Å². The fraction of sp³-hybridized carbons (Fsp3) is 0.240. The van der Waals surface area contributed by atoms with Gasteiger partial charge in [-0.05, 0) is 155 Å². The van der Waals surface area contributed by atoms with Crippen molar-refractivity contribution in [2.45, 2.75) is 78.6 Å². The first-order valence-electron chi connectivity index (χ1n) is 18.5. The van der Waals surface area contributed by atoms with Gasteiger partial charge in [0.05, 0.1) is 11.0 Å². The highest BCUT2D eigenvalue weighted by atomic mass is 15.0. The zero-order valence-electron chi connectivity index (χ0n) is 31.5. The van der Waals surface area contributed by atoms with Crippen molar-refractivity contribution in [1.29, 1.82) is 0 Å². The molecule has 0 atom stereocenters. The minimum Gasteiger partial charge on any atom is -0.309 e. The molecule has 0 fully saturated rings. The summed E-state index contributed by atoms with van der Waals surface area (Å²) in [5.41, 5.74) is 16.1. The summed E-state index contributed by atoms with van der Waals surface area (Å²) in [5.74, 6) is 0. The van der Waals surface area contributed by atoms with E-state index in [1.807, 2.05) is 0 Å². The van der Waals surface area contributed by atoms with Crippen LogP contribution < -0.4 is 0 Å². The molecule has 1 heteroatoms. The molecule has 1 aliphatic rings. The van der Waals surface area contributed by atoms with Crippen LogP contribution in [0.2, 0.25) is 0 Å². The highest BCUT2D eigenvalue weighted by molar-refractivity contribution is 6.13. The highest BCUT2D eigenvalue weighted by Gasteiger charge is 2.25. The summed E-state index contributed by atoms with van der Waals surface area (Å²) in [6.07, 6.45) is 0. The number of benzene rings is 7. The second-order valence-corrected chi connectivity index (χ2v) is 18.0. The molecule has 0 saturated heterocycles. The Morgan fingerprint density at radius 1 is 0.333 bits per heavy atom.